The van der Waals surface area contributed by atoms with Gasteiger partial charge < -0.3 is 10.1 Å². The molecule has 120 valence electrons. The van der Waals surface area contributed by atoms with Crippen LogP contribution >= 0.6 is 23.1 Å². The summed E-state index contributed by atoms with van der Waals surface area (Å²) in [6.45, 7) is 1.40. The van der Waals surface area contributed by atoms with Gasteiger partial charge in [-0.3, -0.25) is 9.20 Å². The van der Waals surface area contributed by atoms with Gasteiger partial charge in [0, 0.05) is 13.2 Å². The number of para-hydroxylation sites is 1. The highest BCUT2D eigenvalue weighted by molar-refractivity contribution is 7.99. The van der Waals surface area contributed by atoms with Gasteiger partial charge in [-0.25, -0.2) is 0 Å². The van der Waals surface area contributed by atoms with Gasteiger partial charge in [-0.05, 0) is 25.0 Å². The lowest BCUT2D eigenvalue weighted by Crippen LogP contribution is -2.32. The number of carbonyl (C=O) groups is 1. The Morgan fingerprint density at radius 1 is 1.43 bits per heavy atom. The molecule has 1 amide bonds. The first-order chi connectivity index (χ1) is 11.3. The third-order valence-corrected chi connectivity index (χ3v) is 5.74. The van der Waals surface area contributed by atoms with Crippen LogP contribution in [-0.4, -0.2) is 45.5 Å². The first kappa shape index (κ1) is 14.9. The van der Waals surface area contributed by atoms with Crippen molar-refractivity contribution in [1.82, 2.24) is 19.9 Å². The van der Waals surface area contributed by atoms with Gasteiger partial charge in [-0.1, -0.05) is 35.2 Å². The fourth-order valence-corrected chi connectivity index (χ4v) is 4.46. The van der Waals surface area contributed by atoms with Gasteiger partial charge in [0.15, 0.2) is 5.16 Å². The van der Waals surface area contributed by atoms with E-state index in [0.29, 0.717) is 12.3 Å². The van der Waals surface area contributed by atoms with Crippen LogP contribution in [0.15, 0.2) is 29.4 Å². The molecule has 23 heavy (non-hydrogen) atoms. The third-order valence-electron chi connectivity index (χ3n) is 3.79. The molecule has 2 aromatic heterocycles. The van der Waals surface area contributed by atoms with E-state index in [9.17, 15) is 4.79 Å². The van der Waals surface area contributed by atoms with Crippen molar-refractivity contribution in [3.8, 4) is 0 Å². The van der Waals surface area contributed by atoms with E-state index in [1.54, 1.807) is 11.3 Å². The Balaban J connectivity index is 1.42. The van der Waals surface area contributed by atoms with E-state index in [1.807, 2.05) is 22.6 Å². The number of hydrogen-bond donors (Lipinski definition) is 1. The predicted octanol–water partition coefficient (Wildman–Crippen LogP) is 2.33. The molecule has 1 saturated heterocycles. The number of hydrogen-bond acceptors (Lipinski definition) is 6. The predicted molar refractivity (Wildman–Crippen MR) is 91.1 cm³/mol. The molecule has 0 spiro atoms. The fourth-order valence-electron chi connectivity index (χ4n) is 2.66. The molecule has 8 heteroatoms. The monoisotopic (exact) mass is 348 g/mol. The summed E-state index contributed by atoms with van der Waals surface area (Å²) in [4.78, 5) is 12.8. The Kier molecular flexibility index (Phi) is 4.19. The van der Waals surface area contributed by atoms with Crippen LogP contribution in [0.1, 0.15) is 12.8 Å². The second-order valence-electron chi connectivity index (χ2n) is 5.40. The number of carbonyl (C=O) groups excluding carboxylic acids is 1. The molecule has 1 aliphatic heterocycles. The Bertz CT molecular complexity index is 838. The summed E-state index contributed by atoms with van der Waals surface area (Å²) in [5.41, 5.74) is 1.08. The number of thiazole rings is 1. The maximum absolute atomic E-state index is 12.0. The van der Waals surface area contributed by atoms with Crippen molar-refractivity contribution in [1.29, 1.82) is 0 Å². The van der Waals surface area contributed by atoms with Crippen LogP contribution in [-0.2, 0) is 9.53 Å². The first-order valence-corrected chi connectivity index (χ1v) is 9.35. The van der Waals surface area contributed by atoms with Crippen molar-refractivity contribution < 1.29 is 9.53 Å². The lowest BCUT2D eigenvalue weighted by Gasteiger charge is -2.10. The quantitative estimate of drug-likeness (QED) is 0.717. The van der Waals surface area contributed by atoms with Crippen LogP contribution in [0.5, 0.6) is 0 Å². The lowest BCUT2D eigenvalue weighted by molar-refractivity contribution is -0.119. The summed E-state index contributed by atoms with van der Waals surface area (Å²) >= 11 is 3.01. The smallest absolute Gasteiger partial charge is 0.230 e. The largest absolute Gasteiger partial charge is 0.376 e. The van der Waals surface area contributed by atoms with E-state index in [0.717, 1.165) is 35.1 Å². The summed E-state index contributed by atoms with van der Waals surface area (Å²) < 4.78 is 8.68. The van der Waals surface area contributed by atoms with E-state index in [2.05, 4.69) is 21.6 Å². The number of aromatic nitrogens is 3. The van der Waals surface area contributed by atoms with Crippen LogP contribution in [0.2, 0.25) is 0 Å². The zero-order chi connectivity index (χ0) is 15.6. The normalized spacial score (nSPS) is 18.0. The molecule has 0 saturated carbocycles. The van der Waals surface area contributed by atoms with Crippen molar-refractivity contribution in [3.05, 3.63) is 24.3 Å². The van der Waals surface area contributed by atoms with Crippen LogP contribution in [0.25, 0.3) is 15.2 Å². The highest BCUT2D eigenvalue weighted by Crippen LogP contribution is 2.29. The summed E-state index contributed by atoms with van der Waals surface area (Å²) in [5.74, 6) is 0.333. The minimum atomic E-state index is 0.00165. The Labute approximate surface area is 141 Å². The van der Waals surface area contributed by atoms with Gasteiger partial charge in [-0.2, -0.15) is 0 Å². The fraction of sp³-hybridized carbons (Fsp3) is 0.400. The summed E-state index contributed by atoms with van der Waals surface area (Å²) in [5, 5.41) is 12.1. The second kappa shape index (κ2) is 6.46. The van der Waals surface area contributed by atoms with Gasteiger partial charge >= 0.3 is 0 Å². The Morgan fingerprint density at radius 2 is 2.35 bits per heavy atom. The number of ether oxygens (including phenoxy) is 1. The zero-order valence-corrected chi connectivity index (χ0v) is 14.0. The van der Waals surface area contributed by atoms with Gasteiger partial charge in [0.05, 0.1) is 22.1 Å². The number of thioether (sulfide) groups is 1. The van der Waals surface area contributed by atoms with E-state index in [4.69, 9.17) is 4.74 Å². The minimum absolute atomic E-state index is 0.00165. The number of amides is 1. The molecule has 1 aromatic carbocycles. The van der Waals surface area contributed by atoms with Crippen LogP contribution in [0.3, 0.4) is 0 Å². The highest BCUT2D eigenvalue weighted by atomic mass is 32.2. The van der Waals surface area contributed by atoms with Crippen LogP contribution in [0.4, 0.5) is 0 Å². The van der Waals surface area contributed by atoms with Gasteiger partial charge in [-0.15, -0.1) is 10.2 Å². The maximum atomic E-state index is 12.0. The maximum Gasteiger partial charge on any atom is 0.230 e. The van der Waals surface area contributed by atoms with Crippen molar-refractivity contribution in [3.63, 3.8) is 0 Å². The Morgan fingerprint density at radius 3 is 3.22 bits per heavy atom. The highest BCUT2D eigenvalue weighted by Gasteiger charge is 2.17. The molecule has 3 aromatic rings. The third kappa shape index (κ3) is 3.06. The SMILES string of the molecule is O=C(CSc1nnc2sc3ccccc3n12)NC[C@@H]1CCCO1. The van der Waals surface area contributed by atoms with Crippen LogP contribution < -0.4 is 5.32 Å². The van der Waals surface area contributed by atoms with E-state index in [-0.39, 0.29) is 12.0 Å². The van der Waals surface area contributed by atoms with Crippen molar-refractivity contribution >= 4 is 44.2 Å². The topological polar surface area (TPSA) is 68.5 Å². The number of rotatable bonds is 5. The van der Waals surface area contributed by atoms with Gasteiger partial charge in [0.2, 0.25) is 10.9 Å². The molecule has 4 rings (SSSR count). The molecule has 1 N–H and O–H groups in total. The lowest BCUT2D eigenvalue weighted by atomic mass is 10.2. The molecule has 0 bridgehead atoms. The minimum Gasteiger partial charge on any atom is -0.376 e. The van der Waals surface area contributed by atoms with Crippen molar-refractivity contribution in [2.75, 3.05) is 18.9 Å². The number of fused-ring (bicyclic) bond motifs is 3. The van der Waals surface area contributed by atoms with Crippen LogP contribution in [0, 0.1) is 0 Å². The molecule has 1 aliphatic rings. The summed E-state index contributed by atoms with van der Waals surface area (Å²) in [6, 6.07) is 8.12. The van der Waals surface area contributed by atoms with Crippen molar-refractivity contribution in [2.24, 2.45) is 0 Å². The summed E-state index contributed by atoms with van der Waals surface area (Å²) in [6.07, 6.45) is 2.28. The average Bonchev–Trinajstić information content (AvgIpc) is 3.27. The summed E-state index contributed by atoms with van der Waals surface area (Å²) in [7, 11) is 0. The van der Waals surface area contributed by atoms with Crippen molar-refractivity contribution in [2.45, 2.75) is 24.1 Å². The van der Waals surface area contributed by atoms with E-state index < -0.39 is 0 Å². The number of nitrogens with zero attached hydrogens (tertiary/aromatic N) is 3. The molecule has 0 radical (unpaired) electrons. The molecular weight excluding hydrogens is 332 g/mol. The van der Waals surface area contributed by atoms with Gasteiger partial charge in [0.25, 0.3) is 0 Å². The molecule has 0 aliphatic carbocycles. The number of nitrogens with one attached hydrogen (secondary N) is 1. The Hall–Kier alpha value is -1.64. The molecule has 6 nitrogen and oxygen atoms in total. The van der Waals surface area contributed by atoms with Gasteiger partial charge in [0.1, 0.15) is 0 Å². The zero-order valence-electron chi connectivity index (χ0n) is 12.4. The standard InChI is InChI=1S/C15H16N4O2S2/c20-13(16-8-10-4-3-7-21-10)9-22-14-17-18-15-19(14)11-5-1-2-6-12(11)23-15/h1-2,5-6,10H,3-4,7-9H2,(H,16,20)/t10-/m0/s1. The first-order valence-electron chi connectivity index (χ1n) is 7.55. The van der Waals surface area contributed by atoms with E-state index >= 15 is 0 Å². The molecule has 1 atom stereocenters. The molecule has 1 fully saturated rings. The second-order valence-corrected chi connectivity index (χ2v) is 7.35. The van der Waals surface area contributed by atoms with E-state index in [1.165, 1.54) is 16.5 Å². The molecular formula is C15H16N4O2S2. The number of benzene rings is 1. The molecule has 0 unspecified atom stereocenters. The molecule has 3 heterocycles. The average molecular weight is 348 g/mol.